The van der Waals surface area contributed by atoms with E-state index >= 15 is 0 Å². The van der Waals surface area contributed by atoms with Gasteiger partial charge in [-0.15, -0.1) is 0 Å². The van der Waals surface area contributed by atoms with Crippen molar-refractivity contribution in [1.82, 2.24) is 0 Å². The average Bonchev–Trinajstić information content (AvgIpc) is 2.94. The van der Waals surface area contributed by atoms with Crippen LogP contribution in [0.2, 0.25) is 0 Å². The molecular formula is C21H32O4. The van der Waals surface area contributed by atoms with E-state index in [1.54, 1.807) is 0 Å². The molecule has 4 heteroatoms. The van der Waals surface area contributed by atoms with Crippen LogP contribution in [0.25, 0.3) is 0 Å². The molecule has 6 aliphatic rings. The van der Waals surface area contributed by atoms with Gasteiger partial charge in [0.05, 0.1) is 25.4 Å². The van der Waals surface area contributed by atoms with Crippen LogP contribution in [0.1, 0.15) is 65.2 Å². The maximum Gasteiger partial charge on any atom is 0.171 e. The predicted octanol–water partition coefficient (Wildman–Crippen LogP) is 3.26. The van der Waals surface area contributed by atoms with E-state index < -0.39 is 0 Å². The Morgan fingerprint density at radius 2 is 1.72 bits per heavy atom. The molecule has 4 aliphatic carbocycles. The number of fused-ring (bicyclic) bond motifs is 4. The average molecular weight is 348 g/mol. The lowest BCUT2D eigenvalue weighted by Crippen LogP contribution is -2.61. The minimum Gasteiger partial charge on any atom is -0.393 e. The second-order valence-corrected chi connectivity index (χ2v) is 10.4. The number of rotatable bonds is 0. The van der Waals surface area contributed by atoms with Crippen molar-refractivity contribution in [2.24, 2.45) is 28.6 Å². The number of epoxide rings is 1. The Morgan fingerprint density at radius 3 is 2.52 bits per heavy atom. The van der Waals surface area contributed by atoms with E-state index in [0.717, 1.165) is 50.7 Å². The van der Waals surface area contributed by atoms with Gasteiger partial charge in [0.15, 0.2) is 5.79 Å². The third-order valence-corrected chi connectivity index (χ3v) is 9.84. The first-order valence-electron chi connectivity index (χ1n) is 10.6. The van der Waals surface area contributed by atoms with Gasteiger partial charge in [0.2, 0.25) is 0 Å². The summed E-state index contributed by atoms with van der Waals surface area (Å²) in [4.78, 5) is 0. The Labute approximate surface area is 150 Å². The molecular weight excluding hydrogens is 316 g/mol. The highest BCUT2D eigenvalue weighted by molar-refractivity contribution is 5.25. The van der Waals surface area contributed by atoms with Crippen LogP contribution in [0.15, 0.2) is 0 Å². The highest BCUT2D eigenvalue weighted by Gasteiger charge is 2.78. The van der Waals surface area contributed by atoms with E-state index in [1.807, 2.05) is 0 Å². The molecule has 6 fully saturated rings. The number of hydrogen-bond donors (Lipinski definition) is 1. The van der Waals surface area contributed by atoms with Gasteiger partial charge >= 0.3 is 0 Å². The van der Waals surface area contributed by atoms with E-state index in [-0.39, 0.29) is 28.3 Å². The monoisotopic (exact) mass is 348 g/mol. The van der Waals surface area contributed by atoms with Crippen LogP contribution < -0.4 is 0 Å². The lowest BCUT2D eigenvalue weighted by Gasteiger charge is -2.59. The molecule has 0 radical (unpaired) electrons. The lowest BCUT2D eigenvalue weighted by molar-refractivity contribution is -0.227. The summed E-state index contributed by atoms with van der Waals surface area (Å²) in [7, 11) is 0. The fraction of sp³-hybridized carbons (Fsp3) is 1.00. The second-order valence-electron chi connectivity index (χ2n) is 10.4. The fourth-order valence-electron chi connectivity index (χ4n) is 8.34. The molecule has 2 aliphatic heterocycles. The van der Waals surface area contributed by atoms with Crippen molar-refractivity contribution in [3.8, 4) is 0 Å². The normalized spacial score (nSPS) is 61.3. The summed E-state index contributed by atoms with van der Waals surface area (Å²) in [6.45, 7) is 6.35. The van der Waals surface area contributed by atoms with Crippen LogP contribution in [0.5, 0.6) is 0 Å². The van der Waals surface area contributed by atoms with Crippen molar-refractivity contribution in [3.63, 3.8) is 0 Å². The smallest absolute Gasteiger partial charge is 0.171 e. The topological polar surface area (TPSA) is 51.2 Å². The molecule has 0 aromatic rings. The van der Waals surface area contributed by atoms with Crippen molar-refractivity contribution >= 4 is 0 Å². The molecule has 4 saturated carbocycles. The third kappa shape index (κ3) is 1.74. The first-order valence-corrected chi connectivity index (χ1v) is 10.6. The van der Waals surface area contributed by atoms with Crippen LogP contribution >= 0.6 is 0 Å². The molecule has 2 saturated heterocycles. The van der Waals surface area contributed by atoms with Crippen molar-refractivity contribution in [2.75, 3.05) is 13.2 Å². The fourth-order valence-corrected chi connectivity index (χ4v) is 8.34. The standard InChI is InChI=1S/C21H32O4/c1-18-6-5-15-13(14(18)3-4-16(18)22)11-17-21(25-17)12-20(23-9-10-24-20)8-7-19(15,21)2/h13-17,22H,3-12H2,1-2H3/t13-,14-,15-,16-,17+,18-,19+,21-/m0/s1. The van der Waals surface area contributed by atoms with Crippen LogP contribution in [0.3, 0.4) is 0 Å². The van der Waals surface area contributed by atoms with Gasteiger partial charge in [-0.25, -0.2) is 0 Å². The van der Waals surface area contributed by atoms with Gasteiger partial charge in [-0.3, -0.25) is 0 Å². The van der Waals surface area contributed by atoms with E-state index in [1.165, 1.54) is 25.7 Å². The molecule has 0 aromatic carbocycles. The quantitative estimate of drug-likeness (QED) is 0.683. The summed E-state index contributed by atoms with van der Waals surface area (Å²) in [5.41, 5.74) is 0.414. The summed E-state index contributed by atoms with van der Waals surface area (Å²) >= 11 is 0. The Balaban J connectivity index is 1.35. The number of ether oxygens (including phenoxy) is 3. The maximum atomic E-state index is 10.6. The summed E-state index contributed by atoms with van der Waals surface area (Å²) in [5, 5.41) is 10.6. The minimum atomic E-state index is -0.353. The molecule has 4 nitrogen and oxygen atoms in total. The summed E-state index contributed by atoms with van der Waals surface area (Å²) < 4.78 is 18.7. The molecule has 1 N–H and O–H groups in total. The van der Waals surface area contributed by atoms with Crippen LogP contribution in [-0.4, -0.2) is 41.9 Å². The zero-order valence-corrected chi connectivity index (χ0v) is 15.6. The Kier molecular flexibility index (Phi) is 2.93. The highest BCUT2D eigenvalue weighted by Crippen LogP contribution is 2.74. The van der Waals surface area contributed by atoms with Crippen LogP contribution in [0.4, 0.5) is 0 Å². The van der Waals surface area contributed by atoms with Crippen molar-refractivity contribution < 1.29 is 19.3 Å². The van der Waals surface area contributed by atoms with Gasteiger partial charge in [0.1, 0.15) is 5.60 Å². The SMILES string of the molecule is C[C@]12CC[C@H]3[C@@H](C[C@H]4O[C@@]45CC4(CC[C@]35C)OCCO4)[C@@H]1CC[C@@H]2O. The van der Waals surface area contributed by atoms with E-state index in [4.69, 9.17) is 14.2 Å². The van der Waals surface area contributed by atoms with Crippen molar-refractivity contribution in [2.45, 2.75) is 88.8 Å². The number of aliphatic hydroxyl groups is 1. The minimum absolute atomic E-state index is 0.00170. The Hall–Kier alpha value is -0.160. The number of aliphatic hydroxyl groups excluding tert-OH is 1. The third-order valence-electron chi connectivity index (χ3n) is 9.84. The summed E-state index contributed by atoms with van der Waals surface area (Å²) in [6, 6.07) is 0. The second kappa shape index (κ2) is 4.63. The predicted molar refractivity (Wildman–Crippen MR) is 91.9 cm³/mol. The Morgan fingerprint density at radius 1 is 0.920 bits per heavy atom. The van der Waals surface area contributed by atoms with Gasteiger partial charge in [-0.2, -0.15) is 0 Å². The van der Waals surface area contributed by atoms with E-state index in [0.29, 0.717) is 12.0 Å². The van der Waals surface area contributed by atoms with E-state index in [9.17, 15) is 5.11 Å². The summed E-state index contributed by atoms with van der Waals surface area (Å²) in [6.07, 6.45) is 9.29. The molecule has 0 unspecified atom stereocenters. The maximum absolute atomic E-state index is 10.6. The zero-order chi connectivity index (χ0) is 17.1. The zero-order valence-electron chi connectivity index (χ0n) is 15.6. The molecule has 8 atom stereocenters. The van der Waals surface area contributed by atoms with E-state index in [2.05, 4.69) is 13.8 Å². The molecule has 0 bridgehead atoms. The molecule has 0 amide bonds. The summed E-state index contributed by atoms with van der Waals surface area (Å²) in [5.74, 6) is 1.82. The van der Waals surface area contributed by atoms with Crippen molar-refractivity contribution in [1.29, 1.82) is 0 Å². The van der Waals surface area contributed by atoms with Gasteiger partial charge in [0, 0.05) is 18.3 Å². The van der Waals surface area contributed by atoms with Gasteiger partial charge < -0.3 is 19.3 Å². The van der Waals surface area contributed by atoms with Crippen LogP contribution in [0, 0.1) is 28.6 Å². The van der Waals surface area contributed by atoms with Gasteiger partial charge in [-0.05, 0) is 61.7 Å². The largest absolute Gasteiger partial charge is 0.393 e. The van der Waals surface area contributed by atoms with Gasteiger partial charge in [-0.1, -0.05) is 13.8 Å². The van der Waals surface area contributed by atoms with Crippen molar-refractivity contribution in [3.05, 3.63) is 0 Å². The molecule has 25 heavy (non-hydrogen) atoms. The molecule has 2 spiro atoms. The number of hydrogen-bond acceptors (Lipinski definition) is 4. The van der Waals surface area contributed by atoms with Crippen LogP contribution in [-0.2, 0) is 14.2 Å². The lowest BCUT2D eigenvalue weighted by atomic mass is 9.44. The highest BCUT2D eigenvalue weighted by atomic mass is 16.7. The first-order chi connectivity index (χ1) is 11.9. The molecule has 2 heterocycles. The first kappa shape index (κ1) is 15.9. The molecule has 6 rings (SSSR count). The molecule has 0 aromatic heterocycles. The van der Waals surface area contributed by atoms with Gasteiger partial charge in [0.25, 0.3) is 0 Å². The Bertz CT molecular complexity index is 601. The molecule has 140 valence electrons.